The average Bonchev–Trinajstić information content (AvgIpc) is 3.76. The van der Waals surface area contributed by atoms with Gasteiger partial charge in [-0.25, -0.2) is 14.4 Å². The van der Waals surface area contributed by atoms with Crippen LogP contribution in [0.4, 0.5) is 0 Å². The highest BCUT2D eigenvalue weighted by molar-refractivity contribution is 7.99. The molecule has 0 atom stereocenters. The highest BCUT2D eigenvalue weighted by Crippen LogP contribution is 2.32. The number of aromatic hydroxyl groups is 2. The van der Waals surface area contributed by atoms with Gasteiger partial charge in [0.15, 0.2) is 0 Å². The number of phenolic OH excluding ortho intramolecular Hbond substituents is 2. The Bertz CT molecular complexity index is 3820. The molecule has 0 aromatic heterocycles. The second-order valence-electron chi connectivity index (χ2n) is 19.2. The molecule has 0 aliphatic heterocycles. The Morgan fingerprint density at radius 3 is 0.800 bits per heavy atom. The Kier molecular flexibility index (Phi) is 30.1. The monoisotopic (exact) mass is 1310 g/mol. The summed E-state index contributed by atoms with van der Waals surface area (Å²) in [5.74, 6) is 0.233. The summed E-state index contributed by atoms with van der Waals surface area (Å²) in [7, 11) is 0. The number of halogens is 1. The third kappa shape index (κ3) is 26.9. The first-order chi connectivity index (χ1) is 43.5. The van der Waals surface area contributed by atoms with E-state index in [9.17, 15) is 34.2 Å². The van der Waals surface area contributed by atoms with Crippen LogP contribution in [0.1, 0.15) is 70.0 Å². The van der Waals surface area contributed by atoms with Crippen LogP contribution in [0.2, 0.25) is 5.02 Å². The van der Waals surface area contributed by atoms with Crippen molar-refractivity contribution >= 4 is 100 Å². The van der Waals surface area contributed by atoms with Crippen molar-refractivity contribution in [2.24, 2.45) is 0 Å². The van der Waals surface area contributed by atoms with E-state index >= 15 is 0 Å². The molecule has 0 aliphatic carbocycles. The Labute approximate surface area is 549 Å². The molecule has 7 N–H and O–H groups in total. The van der Waals surface area contributed by atoms with Crippen molar-refractivity contribution in [3.8, 4) is 11.5 Å². The van der Waals surface area contributed by atoms with Crippen LogP contribution in [-0.4, -0.2) is 65.6 Å². The van der Waals surface area contributed by atoms with Crippen LogP contribution in [0.15, 0.2) is 279 Å². The normalized spacial score (nSPS) is 10.2. The second kappa shape index (κ2) is 38.6. The average molecular weight is 1320 g/mol. The molecule has 0 bridgehead atoms. The molecule has 10 aromatic rings. The molecule has 0 aliphatic rings. The molecule has 0 heterocycles. The van der Waals surface area contributed by atoms with Crippen LogP contribution < -0.4 is 0 Å². The fraction of sp³-hybridized carbons (Fsp3) is 0.0972. The number of carboxylic acids is 5. The van der Waals surface area contributed by atoms with E-state index in [2.05, 4.69) is 24.3 Å². The summed E-state index contributed by atoms with van der Waals surface area (Å²) in [6.07, 6.45) is 0.138. The first kappa shape index (κ1) is 70.3. The Morgan fingerprint density at radius 2 is 0.522 bits per heavy atom. The van der Waals surface area contributed by atoms with Gasteiger partial charge in [-0.05, 0) is 148 Å². The SMILES string of the molecule is O=C(O)Cc1ccc(CSc2ccccc2)cc1.O=C(O)Cc1ccc(CSc2ccccc2O)cc1.O=C(O)c1ccc(CSc2ccc(Cl)cc2)cc1.O=C(O)c1ccc(CSc2ccccc2)cc1.O=C(O)c1ccc(CSc2ccccc2O)cc1. The number of hydrogen-bond acceptors (Lipinski definition) is 12. The summed E-state index contributed by atoms with van der Waals surface area (Å²) in [5, 5.41) is 63.7. The minimum atomic E-state index is -0.921. The van der Waals surface area contributed by atoms with E-state index in [1.54, 1.807) is 120 Å². The van der Waals surface area contributed by atoms with Crippen LogP contribution in [0.3, 0.4) is 0 Å². The molecule has 460 valence electrons. The predicted octanol–water partition coefficient (Wildman–Crippen LogP) is 18.3. The zero-order valence-electron chi connectivity index (χ0n) is 48.3. The summed E-state index contributed by atoms with van der Waals surface area (Å²) in [5.41, 5.74) is 8.12. The molecule has 12 nitrogen and oxygen atoms in total. The van der Waals surface area contributed by atoms with Crippen LogP contribution in [0.25, 0.3) is 0 Å². The molecular formula is C72H63ClO12S5. The summed E-state index contributed by atoms with van der Waals surface area (Å²) in [6.45, 7) is 0. The summed E-state index contributed by atoms with van der Waals surface area (Å²) < 4.78 is 0. The number of carboxylic acid groups (broad SMARTS) is 5. The lowest BCUT2D eigenvalue weighted by Gasteiger charge is -2.05. The van der Waals surface area contributed by atoms with Crippen LogP contribution in [-0.2, 0) is 51.2 Å². The Morgan fingerprint density at radius 1 is 0.278 bits per heavy atom. The van der Waals surface area contributed by atoms with Crippen LogP contribution >= 0.6 is 70.4 Å². The first-order valence-corrected chi connectivity index (χ1v) is 32.9. The fourth-order valence-electron chi connectivity index (χ4n) is 7.63. The molecule has 0 saturated heterocycles. The highest BCUT2D eigenvalue weighted by Gasteiger charge is 2.08. The van der Waals surface area contributed by atoms with Gasteiger partial charge in [-0.3, -0.25) is 9.59 Å². The molecule has 18 heteroatoms. The lowest BCUT2D eigenvalue weighted by Crippen LogP contribution is -1.99. The van der Waals surface area contributed by atoms with E-state index in [0.29, 0.717) is 16.9 Å². The third-order valence-corrected chi connectivity index (χ3v) is 18.2. The van der Waals surface area contributed by atoms with Crippen LogP contribution in [0.5, 0.6) is 11.5 Å². The Balaban J connectivity index is 0.000000179. The molecule has 10 aromatic carbocycles. The van der Waals surface area contributed by atoms with Gasteiger partial charge in [-0.15, -0.1) is 58.8 Å². The van der Waals surface area contributed by atoms with E-state index < -0.39 is 29.8 Å². The lowest BCUT2D eigenvalue weighted by molar-refractivity contribution is -0.137. The van der Waals surface area contributed by atoms with Gasteiger partial charge >= 0.3 is 29.8 Å². The van der Waals surface area contributed by atoms with Crippen molar-refractivity contribution in [2.45, 2.75) is 66.1 Å². The van der Waals surface area contributed by atoms with Gasteiger partial charge in [0.1, 0.15) is 11.5 Å². The molecular weight excluding hydrogens is 1250 g/mol. The maximum absolute atomic E-state index is 10.7. The number of para-hydroxylation sites is 2. The van der Waals surface area contributed by atoms with Crippen molar-refractivity contribution in [1.82, 2.24) is 0 Å². The minimum absolute atomic E-state index is 0.0485. The minimum Gasteiger partial charge on any atom is -0.507 e. The van der Waals surface area contributed by atoms with Gasteiger partial charge < -0.3 is 35.7 Å². The zero-order valence-corrected chi connectivity index (χ0v) is 53.1. The maximum Gasteiger partial charge on any atom is 0.335 e. The predicted molar refractivity (Wildman–Crippen MR) is 364 cm³/mol. The molecule has 90 heavy (non-hydrogen) atoms. The molecule has 0 fully saturated rings. The number of carbonyl (C=O) groups is 5. The number of phenols is 2. The van der Waals surface area contributed by atoms with Crippen molar-refractivity contribution in [2.75, 3.05) is 0 Å². The van der Waals surface area contributed by atoms with E-state index in [1.807, 2.05) is 158 Å². The summed E-state index contributed by atoms with van der Waals surface area (Å²) in [4.78, 5) is 58.5. The van der Waals surface area contributed by atoms with E-state index in [1.165, 1.54) is 27.1 Å². The van der Waals surface area contributed by atoms with E-state index in [-0.39, 0.29) is 29.9 Å². The molecule has 0 radical (unpaired) electrons. The van der Waals surface area contributed by atoms with Gasteiger partial charge in [0, 0.05) is 58.3 Å². The smallest absolute Gasteiger partial charge is 0.335 e. The fourth-order valence-corrected chi connectivity index (χ4v) is 12.2. The Hall–Kier alpha value is -8.81. The molecule has 0 saturated carbocycles. The topological polar surface area (TPSA) is 227 Å². The summed E-state index contributed by atoms with van der Waals surface area (Å²) in [6, 6.07) is 78.3. The lowest BCUT2D eigenvalue weighted by atomic mass is 10.1. The highest BCUT2D eigenvalue weighted by atomic mass is 35.5. The number of rotatable bonds is 22. The molecule has 0 unspecified atom stereocenters. The number of thioether (sulfide) groups is 5. The van der Waals surface area contributed by atoms with Crippen LogP contribution in [0, 0.1) is 0 Å². The van der Waals surface area contributed by atoms with Gasteiger partial charge in [0.25, 0.3) is 0 Å². The molecule has 0 spiro atoms. The van der Waals surface area contributed by atoms with Gasteiger partial charge in [0.2, 0.25) is 0 Å². The number of aromatic carboxylic acids is 3. The zero-order chi connectivity index (χ0) is 64.5. The largest absolute Gasteiger partial charge is 0.507 e. The third-order valence-electron chi connectivity index (χ3n) is 12.4. The van der Waals surface area contributed by atoms with Gasteiger partial charge in [-0.2, -0.15) is 0 Å². The quantitative estimate of drug-likeness (QED) is 0.0313. The van der Waals surface area contributed by atoms with Crippen molar-refractivity contribution < 1.29 is 59.7 Å². The number of hydrogen-bond donors (Lipinski definition) is 7. The van der Waals surface area contributed by atoms with E-state index in [0.717, 1.165) is 76.1 Å². The number of benzene rings is 10. The van der Waals surface area contributed by atoms with Gasteiger partial charge in [0.05, 0.1) is 29.5 Å². The number of aliphatic carboxylic acids is 2. The van der Waals surface area contributed by atoms with Gasteiger partial charge in [-0.1, -0.05) is 157 Å². The van der Waals surface area contributed by atoms with E-state index in [4.69, 9.17) is 37.1 Å². The van der Waals surface area contributed by atoms with Crippen molar-refractivity contribution in [1.29, 1.82) is 0 Å². The summed E-state index contributed by atoms with van der Waals surface area (Å²) >= 11 is 14.1. The van der Waals surface area contributed by atoms with Crippen molar-refractivity contribution in [3.05, 3.63) is 315 Å². The van der Waals surface area contributed by atoms with Crippen molar-refractivity contribution in [3.63, 3.8) is 0 Å². The molecule has 0 amide bonds. The first-order valence-electron chi connectivity index (χ1n) is 27.6. The standard InChI is InChI=1S/C15H14O3S.C15H14O2S.C14H11ClO2S.C14H12O3S.C14H12O2S/c16-13-3-1-2-4-14(13)19-10-12-7-5-11(6-8-12)9-15(17)18;16-15(17)10-12-6-8-13(9-7-12)11-18-14-4-2-1-3-5-14;15-12-5-7-13(8-6-12)18-9-10-1-3-11(4-2-10)14(16)17;15-12-3-1-2-4-13(12)18-9-10-5-7-11(8-6-10)14(16)17;15-14(16)12-8-6-11(7-9-12)10-17-13-4-2-1-3-5-13/h1-8,16H,9-10H2,(H,17,18);1-9H,10-11H2,(H,16,17);1-8H,9H2,(H,16,17);1-8,15H,9H2,(H,16,17);1-9H,10H2,(H,15,16). The second-order valence-corrected chi connectivity index (χ2v) is 24.9. The molecule has 10 rings (SSSR count). The maximum atomic E-state index is 10.7.